The van der Waals surface area contributed by atoms with Crippen molar-refractivity contribution in [2.24, 2.45) is 0 Å². The van der Waals surface area contributed by atoms with E-state index in [-0.39, 0.29) is 11.6 Å². The van der Waals surface area contributed by atoms with E-state index in [0.717, 1.165) is 37.8 Å². The number of carbonyl (C=O) groups excluding carboxylic acids is 1. The summed E-state index contributed by atoms with van der Waals surface area (Å²) in [6.45, 7) is 3.96. The normalized spacial score (nSPS) is 13.0. The lowest BCUT2D eigenvalue weighted by atomic mass is 10.1. The van der Waals surface area contributed by atoms with E-state index >= 15 is 0 Å². The minimum atomic E-state index is -4.22. The van der Waals surface area contributed by atoms with Crippen molar-refractivity contribution in [2.45, 2.75) is 50.5 Å². The Labute approximate surface area is 129 Å². The van der Waals surface area contributed by atoms with Crippen molar-refractivity contribution in [3.05, 3.63) is 29.6 Å². The first-order chi connectivity index (χ1) is 9.75. The van der Waals surface area contributed by atoms with Crippen LogP contribution in [0.3, 0.4) is 0 Å². The summed E-state index contributed by atoms with van der Waals surface area (Å²) in [7, 11) is 0.913. The lowest BCUT2D eigenvalue weighted by Gasteiger charge is -2.14. The molecule has 1 amide bonds. The summed E-state index contributed by atoms with van der Waals surface area (Å²) in [6, 6.07) is 3.07. The van der Waals surface area contributed by atoms with E-state index in [0.29, 0.717) is 0 Å². The molecule has 0 saturated carbocycles. The monoisotopic (exact) mass is 335 g/mol. The zero-order valence-corrected chi connectivity index (χ0v) is 13.6. The predicted molar refractivity (Wildman–Crippen MR) is 80.5 cm³/mol. The van der Waals surface area contributed by atoms with Crippen LogP contribution in [0.25, 0.3) is 0 Å². The molecule has 0 aliphatic carbocycles. The highest BCUT2D eigenvalue weighted by Gasteiger charge is 2.19. The van der Waals surface area contributed by atoms with Crippen LogP contribution in [-0.4, -0.2) is 20.4 Å². The fourth-order valence-corrected chi connectivity index (χ4v) is 2.83. The highest BCUT2D eigenvalue weighted by molar-refractivity contribution is 8.13. The molecule has 1 atom stereocenters. The molecule has 0 fully saturated rings. The standard InChI is InChI=1S/C14H19ClFNO3S/c1-3-4-5-6-10(2)17-14(18)11-7-8-12(16)13(9-11)21(15,19)20/h7-10H,3-6H2,1-2H3,(H,17,18). The Hall–Kier alpha value is -1.14. The van der Waals surface area contributed by atoms with Gasteiger partial charge in [-0.1, -0.05) is 26.2 Å². The Kier molecular flexibility index (Phi) is 6.61. The first kappa shape index (κ1) is 17.9. The lowest BCUT2D eigenvalue weighted by molar-refractivity contribution is 0.0937. The Balaban J connectivity index is 2.80. The SMILES string of the molecule is CCCCCC(C)NC(=O)c1ccc(F)c(S(=O)(=O)Cl)c1. The van der Waals surface area contributed by atoms with Crippen LogP contribution in [0.4, 0.5) is 4.39 Å². The average Bonchev–Trinajstić information content (AvgIpc) is 2.38. The molecule has 4 nitrogen and oxygen atoms in total. The molecule has 1 rings (SSSR count). The molecule has 0 spiro atoms. The van der Waals surface area contributed by atoms with Crippen LogP contribution in [0.2, 0.25) is 0 Å². The van der Waals surface area contributed by atoms with Crippen molar-refractivity contribution < 1.29 is 17.6 Å². The fraction of sp³-hybridized carbons (Fsp3) is 0.500. The number of hydrogen-bond donors (Lipinski definition) is 1. The molecule has 7 heteroatoms. The quantitative estimate of drug-likeness (QED) is 0.613. The van der Waals surface area contributed by atoms with Gasteiger partial charge in [-0.2, -0.15) is 0 Å². The molecule has 1 N–H and O–H groups in total. The van der Waals surface area contributed by atoms with Gasteiger partial charge >= 0.3 is 0 Å². The number of nitrogens with one attached hydrogen (secondary N) is 1. The van der Waals surface area contributed by atoms with Crippen LogP contribution >= 0.6 is 10.7 Å². The maximum atomic E-state index is 13.4. The highest BCUT2D eigenvalue weighted by atomic mass is 35.7. The van der Waals surface area contributed by atoms with Gasteiger partial charge in [0.15, 0.2) is 0 Å². The Morgan fingerprint density at radius 1 is 1.38 bits per heavy atom. The lowest BCUT2D eigenvalue weighted by Crippen LogP contribution is -2.32. The van der Waals surface area contributed by atoms with Gasteiger partial charge in [0.2, 0.25) is 0 Å². The molecule has 0 saturated heterocycles. The number of rotatable bonds is 7. The Morgan fingerprint density at radius 3 is 2.62 bits per heavy atom. The molecule has 1 unspecified atom stereocenters. The Bertz CT molecular complexity index is 604. The predicted octanol–water partition coefficient (Wildman–Crippen LogP) is 3.45. The maximum absolute atomic E-state index is 13.4. The van der Waals surface area contributed by atoms with Gasteiger partial charge in [-0.05, 0) is 31.5 Å². The van der Waals surface area contributed by atoms with Crippen LogP contribution in [0.1, 0.15) is 49.9 Å². The van der Waals surface area contributed by atoms with Gasteiger partial charge in [-0.15, -0.1) is 0 Å². The van der Waals surface area contributed by atoms with Crippen LogP contribution < -0.4 is 5.32 Å². The molecular weight excluding hydrogens is 317 g/mol. The second-order valence-electron chi connectivity index (χ2n) is 4.95. The van der Waals surface area contributed by atoms with Gasteiger partial charge in [0.1, 0.15) is 10.7 Å². The van der Waals surface area contributed by atoms with Crippen LogP contribution in [0.15, 0.2) is 23.1 Å². The first-order valence-electron chi connectivity index (χ1n) is 6.80. The highest BCUT2D eigenvalue weighted by Crippen LogP contribution is 2.20. The Morgan fingerprint density at radius 2 is 2.05 bits per heavy atom. The fourth-order valence-electron chi connectivity index (χ4n) is 1.91. The maximum Gasteiger partial charge on any atom is 0.264 e. The van der Waals surface area contributed by atoms with E-state index in [9.17, 15) is 17.6 Å². The summed E-state index contributed by atoms with van der Waals surface area (Å²) in [4.78, 5) is 11.3. The topological polar surface area (TPSA) is 63.2 Å². The molecule has 118 valence electrons. The first-order valence-corrected chi connectivity index (χ1v) is 9.11. The van der Waals surface area contributed by atoms with Crippen molar-refractivity contribution in [1.82, 2.24) is 5.32 Å². The minimum absolute atomic E-state index is 0.0369. The van der Waals surface area contributed by atoms with Crippen LogP contribution in [-0.2, 0) is 9.05 Å². The molecule has 0 aromatic heterocycles. The third-order valence-corrected chi connectivity index (χ3v) is 4.41. The van der Waals surface area contributed by atoms with E-state index in [1.165, 1.54) is 6.07 Å². The minimum Gasteiger partial charge on any atom is -0.350 e. The number of benzene rings is 1. The molecule has 0 radical (unpaired) electrons. The van der Waals surface area contributed by atoms with E-state index in [1.54, 1.807) is 0 Å². The van der Waals surface area contributed by atoms with Crippen molar-refractivity contribution in [3.63, 3.8) is 0 Å². The third-order valence-electron chi connectivity index (χ3n) is 3.07. The van der Waals surface area contributed by atoms with Gasteiger partial charge in [-0.3, -0.25) is 4.79 Å². The van der Waals surface area contributed by atoms with Gasteiger partial charge < -0.3 is 5.32 Å². The second-order valence-corrected chi connectivity index (χ2v) is 7.49. The third kappa shape index (κ3) is 5.63. The van der Waals surface area contributed by atoms with E-state index < -0.39 is 25.7 Å². The largest absolute Gasteiger partial charge is 0.350 e. The smallest absolute Gasteiger partial charge is 0.264 e. The molecule has 0 aliphatic heterocycles. The zero-order chi connectivity index (χ0) is 16.0. The van der Waals surface area contributed by atoms with Crippen LogP contribution in [0.5, 0.6) is 0 Å². The van der Waals surface area contributed by atoms with Gasteiger partial charge in [0.25, 0.3) is 15.0 Å². The number of amides is 1. The molecule has 0 aliphatic rings. The summed E-state index contributed by atoms with van der Waals surface area (Å²) in [6.07, 6.45) is 4.02. The number of hydrogen-bond acceptors (Lipinski definition) is 3. The molecule has 21 heavy (non-hydrogen) atoms. The van der Waals surface area contributed by atoms with E-state index in [1.807, 2.05) is 6.92 Å². The van der Waals surface area contributed by atoms with Crippen molar-refractivity contribution in [3.8, 4) is 0 Å². The second kappa shape index (κ2) is 7.75. The molecular formula is C14H19ClFNO3S. The summed E-state index contributed by atoms with van der Waals surface area (Å²) in [5.41, 5.74) is 0.0676. The summed E-state index contributed by atoms with van der Waals surface area (Å²) >= 11 is 0. The average molecular weight is 336 g/mol. The summed E-state index contributed by atoms with van der Waals surface area (Å²) < 4.78 is 35.8. The van der Waals surface area contributed by atoms with Crippen molar-refractivity contribution in [1.29, 1.82) is 0 Å². The summed E-state index contributed by atoms with van der Waals surface area (Å²) in [5.74, 6) is -1.42. The zero-order valence-electron chi connectivity index (χ0n) is 12.0. The van der Waals surface area contributed by atoms with Crippen LogP contribution in [0, 0.1) is 5.82 Å². The van der Waals surface area contributed by atoms with E-state index in [4.69, 9.17) is 10.7 Å². The van der Waals surface area contributed by atoms with Gasteiger partial charge in [0.05, 0.1) is 0 Å². The van der Waals surface area contributed by atoms with Crippen molar-refractivity contribution in [2.75, 3.05) is 0 Å². The molecule has 0 bridgehead atoms. The number of unbranched alkanes of at least 4 members (excludes halogenated alkanes) is 2. The molecule has 1 aromatic rings. The molecule has 0 heterocycles. The molecule has 1 aromatic carbocycles. The van der Waals surface area contributed by atoms with Crippen molar-refractivity contribution >= 4 is 25.6 Å². The number of carbonyl (C=O) groups is 1. The number of halogens is 2. The van der Waals surface area contributed by atoms with Gasteiger partial charge in [-0.25, -0.2) is 12.8 Å². The van der Waals surface area contributed by atoms with Gasteiger partial charge in [0, 0.05) is 22.3 Å². The van der Waals surface area contributed by atoms with E-state index in [2.05, 4.69) is 12.2 Å². The summed E-state index contributed by atoms with van der Waals surface area (Å²) in [5, 5.41) is 2.75.